The Bertz CT molecular complexity index is 1470. The predicted molar refractivity (Wildman–Crippen MR) is 145 cm³/mol. The molecule has 1 aliphatic rings. The van der Waals surface area contributed by atoms with Gasteiger partial charge in [-0.15, -0.1) is 0 Å². The maximum atomic E-state index is 5.10. The lowest BCUT2D eigenvalue weighted by Gasteiger charge is -2.13. The van der Waals surface area contributed by atoms with Crippen molar-refractivity contribution in [2.24, 2.45) is 0 Å². The monoisotopic (exact) mass is 456 g/mol. The van der Waals surface area contributed by atoms with Gasteiger partial charge >= 0.3 is 0 Å². The van der Waals surface area contributed by atoms with Crippen LogP contribution in [0.3, 0.4) is 0 Å². The third kappa shape index (κ3) is 4.31. The standard InChI is InChI=1S/C29H22N4.C2H6/c1-20-13-14-28-23(17-20)22-9-3-2-4-12-27(22)33(28)29-19-21(24-10-5-7-15-30-24)18-26(32-29)25-11-6-8-16-31-25;1-2/h2-8,10-19H,9H2,1H3;1-2H3. The Kier molecular flexibility index (Phi) is 6.36. The Hall–Kier alpha value is -4.31. The summed E-state index contributed by atoms with van der Waals surface area (Å²) in [4.78, 5) is 14.3. The number of hydrogen-bond donors (Lipinski definition) is 0. The van der Waals surface area contributed by atoms with E-state index in [1.807, 2.05) is 56.4 Å². The molecule has 1 aliphatic carbocycles. The summed E-state index contributed by atoms with van der Waals surface area (Å²) < 4.78 is 2.27. The van der Waals surface area contributed by atoms with E-state index in [4.69, 9.17) is 4.98 Å². The fourth-order valence-corrected chi connectivity index (χ4v) is 4.49. The Balaban J connectivity index is 0.00000124. The smallest absolute Gasteiger partial charge is 0.139 e. The first kappa shape index (κ1) is 22.5. The number of pyridine rings is 3. The highest BCUT2D eigenvalue weighted by molar-refractivity contribution is 5.91. The zero-order chi connectivity index (χ0) is 24.2. The van der Waals surface area contributed by atoms with E-state index >= 15 is 0 Å². The number of rotatable bonds is 3. The molecule has 0 N–H and O–H groups in total. The Morgan fingerprint density at radius 1 is 0.771 bits per heavy atom. The number of aryl methyl sites for hydroxylation is 1. The lowest BCUT2D eigenvalue weighted by atomic mass is 10.1. The van der Waals surface area contributed by atoms with Crippen LogP contribution < -0.4 is 0 Å². The second-order valence-corrected chi connectivity index (χ2v) is 8.24. The molecule has 0 saturated heterocycles. The largest absolute Gasteiger partial charge is 0.294 e. The van der Waals surface area contributed by atoms with Crippen molar-refractivity contribution in [2.75, 3.05) is 0 Å². The van der Waals surface area contributed by atoms with Crippen LogP contribution in [-0.2, 0) is 6.42 Å². The molecule has 172 valence electrons. The molecule has 4 heterocycles. The van der Waals surface area contributed by atoms with Crippen LogP contribution in [0.5, 0.6) is 0 Å². The minimum atomic E-state index is 0.826. The van der Waals surface area contributed by atoms with E-state index in [2.05, 4.69) is 76.1 Å². The first-order valence-corrected chi connectivity index (χ1v) is 12.1. The average Bonchev–Trinajstić information content (AvgIpc) is 3.05. The van der Waals surface area contributed by atoms with Gasteiger partial charge in [0.1, 0.15) is 5.82 Å². The second kappa shape index (κ2) is 9.90. The van der Waals surface area contributed by atoms with Crippen molar-refractivity contribution < 1.29 is 0 Å². The first-order chi connectivity index (χ1) is 17.3. The van der Waals surface area contributed by atoms with Gasteiger partial charge in [-0.25, -0.2) is 4.98 Å². The van der Waals surface area contributed by atoms with E-state index in [1.54, 1.807) is 6.20 Å². The molecule has 6 rings (SSSR count). The summed E-state index contributed by atoms with van der Waals surface area (Å²) in [5, 5.41) is 1.27. The maximum absolute atomic E-state index is 5.10. The van der Waals surface area contributed by atoms with Crippen molar-refractivity contribution in [3.05, 3.63) is 114 Å². The van der Waals surface area contributed by atoms with Crippen LogP contribution in [0.4, 0.5) is 0 Å². The summed E-state index contributed by atoms with van der Waals surface area (Å²) in [6.07, 6.45) is 13.1. The lowest BCUT2D eigenvalue weighted by molar-refractivity contribution is 1.02. The number of fused-ring (bicyclic) bond motifs is 3. The highest BCUT2D eigenvalue weighted by Gasteiger charge is 2.19. The predicted octanol–water partition coefficient (Wildman–Crippen LogP) is 7.61. The van der Waals surface area contributed by atoms with Gasteiger partial charge in [0.05, 0.1) is 28.3 Å². The van der Waals surface area contributed by atoms with Crippen molar-refractivity contribution in [2.45, 2.75) is 27.2 Å². The van der Waals surface area contributed by atoms with Crippen LogP contribution in [0.15, 0.2) is 97.4 Å². The minimum Gasteiger partial charge on any atom is -0.294 e. The molecule has 1 aromatic carbocycles. The van der Waals surface area contributed by atoms with Gasteiger partial charge in [0.2, 0.25) is 0 Å². The van der Waals surface area contributed by atoms with E-state index in [9.17, 15) is 0 Å². The number of benzene rings is 1. The van der Waals surface area contributed by atoms with E-state index < -0.39 is 0 Å². The van der Waals surface area contributed by atoms with Crippen LogP contribution in [0.2, 0.25) is 0 Å². The fraction of sp³-hybridized carbons (Fsp3) is 0.129. The Morgan fingerprint density at radius 2 is 1.54 bits per heavy atom. The maximum Gasteiger partial charge on any atom is 0.139 e. The number of nitrogens with zero attached hydrogens (tertiary/aromatic N) is 4. The average molecular weight is 457 g/mol. The van der Waals surface area contributed by atoms with E-state index in [0.29, 0.717) is 0 Å². The summed E-state index contributed by atoms with van der Waals surface area (Å²) in [6, 6.07) is 22.7. The quantitative estimate of drug-likeness (QED) is 0.281. The summed E-state index contributed by atoms with van der Waals surface area (Å²) in [5.41, 5.74) is 8.49. The molecular formula is C31H28N4. The van der Waals surface area contributed by atoms with Gasteiger partial charge in [-0.05, 0) is 73.5 Å². The van der Waals surface area contributed by atoms with Crippen molar-refractivity contribution in [1.82, 2.24) is 19.5 Å². The summed E-state index contributed by atoms with van der Waals surface area (Å²) in [5.74, 6) is 0.862. The van der Waals surface area contributed by atoms with Crippen LogP contribution in [0.25, 0.3) is 45.4 Å². The number of aromatic nitrogens is 4. The summed E-state index contributed by atoms with van der Waals surface area (Å²) in [6.45, 7) is 6.14. The van der Waals surface area contributed by atoms with Crippen LogP contribution in [0, 0.1) is 6.92 Å². The Labute approximate surface area is 206 Å². The lowest BCUT2D eigenvalue weighted by Crippen LogP contribution is -2.03. The molecule has 4 heteroatoms. The first-order valence-electron chi connectivity index (χ1n) is 12.1. The van der Waals surface area contributed by atoms with E-state index in [0.717, 1.165) is 40.4 Å². The van der Waals surface area contributed by atoms with Crippen LogP contribution >= 0.6 is 0 Å². The third-order valence-corrected chi connectivity index (χ3v) is 6.02. The molecule has 0 bridgehead atoms. The van der Waals surface area contributed by atoms with Crippen LogP contribution in [-0.4, -0.2) is 19.5 Å². The SMILES string of the molecule is CC.Cc1ccc2c(c1)c1c(n2-c2cc(-c3ccccn3)cc(-c3ccccn3)n2)C=CC=CC1. The molecule has 0 radical (unpaired) electrons. The van der Waals surface area contributed by atoms with Crippen molar-refractivity contribution in [3.63, 3.8) is 0 Å². The van der Waals surface area contributed by atoms with Crippen molar-refractivity contribution in [1.29, 1.82) is 0 Å². The normalized spacial score (nSPS) is 12.1. The molecule has 0 spiro atoms. The molecule has 0 unspecified atom stereocenters. The van der Waals surface area contributed by atoms with Gasteiger partial charge in [-0.3, -0.25) is 14.5 Å². The van der Waals surface area contributed by atoms with Crippen LogP contribution in [0.1, 0.15) is 30.7 Å². The second-order valence-electron chi connectivity index (χ2n) is 8.24. The molecule has 0 amide bonds. The molecule has 4 nitrogen and oxygen atoms in total. The number of allylic oxidation sites excluding steroid dienone is 3. The van der Waals surface area contributed by atoms with Gasteiger partial charge in [0, 0.05) is 23.3 Å². The van der Waals surface area contributed by atoms with Crippen molar-refractivity contribution in [3.8, 4) is 28.5 Å². The highest BCUT2D eigenvalue weighted by atomic mass is 15.1. The van der Waals surface area contributed by atoms with E-state index in [-0.39, 0.29) is 0 Å². The van der Waals surface area contributed by atoms with E-state index in [1.165, 1.54) is 22.2 Å². The zero-order valence-corrected chi connectivity index (χ0v) is 20.3. The van der Waals surface area contributed by atoms with Gasteiger partial charge in [-0.1, -0.05) is 55.8 Å². The van der Waals surface area contributed by atoms with Gasteiger partial charge in [-0.2, -0.15) is 0 Å². The highest BCUT2D eigenvalue weighted by Crippen LogP contribution is 2.34. The summed E-state index contributed by atoms with van der Waals surface area (Å²) >= 11 is 0. The van der Waals surface area contributed by atoms with Crippen molar-refractivity contribution >= 4 is 17.0 Å². The van der Waals surface area contributed by atoms with Gasteiger partial charge in [0.15, 0.2) is 0 Å². The molecule has 0 saturated carbocycles. The third-order valence-electron chi connectivity index (χ3n) is 6.02. The number of hydrogen-bond acceptors (Lipinski definition) is 3. The summed E-state index contributed by atoms with van der Waals surface area (Å²) in [7, 11) is 0. The minimum absolute atomic E-state index is 0.826. The zero-order valence-electron chi connectivity index (χ0n) is 20.3. The molecule has 35 heavy (non-hydrogen) atoms. The molecule has 4 aromatic heterocycles. The Morgan fingerprint density at radius 3 is 2.29 bits per heavy atom. The molecule has 0 atom stereocenters. The molecule has 0 aliphatic heterocycles. The topological polar surface area (TPSA) is 43.6 Å². The molecule has 5 aromatic rings. The molecular weight excluding hydrogens is 428 g/mol. The molecule has 0 fully saturated rings. The fourth-order valence-electron chi connectivity index (χ4n) is 4.49. The van der Waals surface area contributed by atoms with Gasteiger partial charge in [0.25, 0.3) is 0 Å². The van der Waals surface area contributed by atoms with Gasteiger partial charge < -0.3 is 0 Å².